The zero-order valence-corrected chi connectivity index (χ0v) is 13.9. The molecule has 2 nitrogen and oxygen atoms in total. The molecule has 0 amide bonds. The van der Waals surface area contributed by atoms with Crippen LogP contribution in [0.1, 0.15) is 37.3 Å². The van der Waals surface area contributed by atoms with E-state index in [1.807, 2.05) is 60.7 Å². The van der Waals surface area contributed by atoms with Crippen LogP contribution in [0.15, 0.2) is 60.7 Å². The summed E-state index contributed by atoms with van der Waals surface area (Å²) in [4.78, 5) is 2.15. The smallest absolute Gasteiger partial charge is 0.130 e. The van der Waals surface area contributed by atoms with Crippen molar-refractivity contribution < 1.29 is 5.11 Å². The van der Waals surface area contributed by atoms with Gasteiger partial charge < -0.3 is 10.0 Å². The van der Waals surface area contributed by atoms with E-state index in [1.54, 1.807) is 0 Å². The molecule has 2 heteroatoms. The Bertz CT molecular complexity index is 511. The van der Waals surface area contributed by atoms with Crippen LogP contribution < -0.4 is 0 Å². The lowest BCUT2D eigenvalue weighted by molar-refractivity contribution is -0.00789. The highest BCUT2D eigenvalue weighted by molar-refractivity contribution is 5.38. The van der Waals surface area contributed by atoms with Crippen LogP contribution in [0.4, 0.5) is 0 Å². The van der Waals surface area contributed by atoms with Crippen LogP contribution in [0.25, 0.3) is 0 Å². The molecule has 2 rings (SSSR count). The molecule has 0 fully saturated rings. The van der Waals surface area contributed by atoms with Gasteiger partial charge in [-0.3, -0.25) is 0 Å². The zero-order valence-electron chi connectivity index (χ0n) is 13.9. The van der Waals surface area contributed by atoms with Crippen molar-refractivity contribution in [2.24, 2.45) is 0 Å². The molecule has 0 bridgehead atoms. The van der Waals surface area contributed by atoms with Crippen molar-refractivity contribution in [2.45, 2.75) is 37.8 Å². The predicted molar refractivity (Wildman–Crippen MR) is 92.9 cm³/mol. The lowest BCUT2D eigenvalue weighted by atomic mass is 9.77. The van der Waals surface area contributed by atoms with Crippen molar-refractivity contribution in [3.05, 3.63) is 71.8 Å². The first-order valence-corrected chi connectivity index (χ1v) is 8.10. The average molecular weight is 297 g/mol. The summed E-state index contributed by atoms with van der Waals surface area (Å²) in [7, 11) is 4.11. The maximum absolute atomic E-state index is 11.8. The Balaban J connectivity index is 2.54. The summed E-state index contributed by atoms with van der Waals surface area (Å²) < 4.78 is 0. The molecule has 1 N–H and O–H groups in total. The Hall–Kier alpha value is -1.64. The molecule has 1 unspecified atom stereocenters. The third-order valence-electron chi connectivity index (χ3n) is 4.36. The highest BCUT2D eigenvalue weighted by Crippen LogP contribution is 2.37. The molecule has 0 saturated heterocycles. The van der Waals surface area contributed by atoms with Crippen LogP contribution >= 0.6 is 0 Å². The summed E-state index contributed by atoms with van der Waals surface area (Å²) in [5.74, 6) is 0. The SMILES string of the molecule is CCCCC(N(C)C)C(O)(c1ccccc1)c1ccccc1. The fourth-order valence-corrected chi connectivity index (χ4v) is 3.17. The second kappa shape index (κ2) is 7.57. The van der Waals surface area contributed by atoms with Gasteiger partial charge in [-0.1, -0.05) is 80.4 Å². The molecule has 2 aromatic carbocycles. The minimum absolute atomic E-state index is 0.0391. The van der Waals surface area contributed by atoms with E-state index in [2.05, 4.69) is 25.9 Å². The van der Waals surface area contributed by atoms with Crippen LogP contribution in [0, 0.1) is 0 Å². The maximum Gasteiger partial charge on any atom is 0.130 e. The monoisotopic (exact) mass is 297 g/mol. The molecule has 0 aromatic heterocycles. The lowest BCUT2D eigenvalue weighted by Crippen LogP contribution is -2.48. The van der Waals surface area contributed by atoms with E-state index in [-0.39, 0.29) is 6.04 Å². The van der Waals surface area contributed by atoms with Crippen molar-refractivity contribution in [3.8, 4) is 0 Å². The van der Waals surface area contributed by atoms with E-state index < -0.39 is 5.60 Å². The Morgan fingerprint density at radius 1 is 0.909 bits per heavy atom. The number of rotatable bonds is 7. The molecule has 1 atom stereocenters. The second-order valence-electron chi connectivity index (χ2n) is 6.12. The van der Waals surface area contributed by atoms with E-state index in [4.69, 9.17) is 0 Å². The maximum atomic E-state index is 11.8. The van der Waals surface area contributed by atoms with Gasteiger partial charge >= 0.3 is 0 Å². The third kappa shape index (κ3) is 3.40. The van der Waals surface area contributed by atoms with Gasteiger partial charge in [0.05, 0.1) is 0 Å². The van der Waals surface area contributed by atoms with Crippen LogP contribution in [-0.4, -0.2) is 30.1 Å². The van der Waals surface area contributed by atoms with Crippen LogP contribution in [0.2, 0.25) is 0 Å². The quantitative estimate of drug-likeness (QED) is 0.833. The molecule has 2 aromatic rings. The standard InChI is InChI=1S/C20H27NO/c1-4-5-16-19(21(2)3)20(22,17-12-8-6-9-13-17)18-14-10-7-11-15-18/h6-15,19,22H,4-5,16H2,1-3H3. The van der Waals surface area contributed by atoms with E-state index in [9.17, 15) is 5.11 Å². The fraction of sp³-hybridized carbons (Fsp3) is 0.400. The van der Waals surface area contributed by atoms with E-state index in [0.717, 1.165) is 30.4 Å². The molecule has 0 aliphatic rings. The van der Waals surface area contributed by atoms with Crippen molar-refractivity contribution in [3.63, 3.8) is 0 Å². The van der Waals surface area contributed by atoms with Gasteiger partial charge in [0, 0.05) is 6.04 Å². The largest absolute Gasteiger partial charge is 0.379 e. The van der Waals surface area contributed by atoms with Gasteiger partial charge in [0.2, 0.25) is 0 Å². The first kappa shape index (κ1) is 16.7. The molecule has 0 aliphatic carbocycles. The Morgan fingerprint density at radius 3 is 1.73 bits per heavy atom. The minimum Gasteiger partial charge on any atom is -0.379 e. The van der Waals surface area contributed by atoms with Gasteiger partial charge in [0.15, 0.2) is 0 Å². The van der Waals surface area contributed by atoms with Gasteiger partial charge in [-0.15, -0.1) is 0 Å². The molecule has 0 saturated carbocycles. The van der Waals surface area contributed by atoms with Gasteiger partial charge in [-0.2, -0.15) is 0 Å². The molecular weight excluding hydrogens is 270 g/mol. The molecule has 0 aliphatic heterocycles. The fourth-order valence-electron chi connectivity index (χ4n) is 3.17. The first-order valence-electron chi connectivity index (χ1n) is 8.10. The van der Waals surface area contributed by atoms with Crippen LogP contribution in [0.3, 0.4) is 0 Å². The van der Waals surface area contributed by atoms with Crippen LogP contribution in [0.5, 0.6) is 0 Å². The van der Waals surface area contributed by atoms with Crippen molar-refractivity contribution in [1.29, 1.82) is 0 Å². The Morgan fingerprint density at radius 2 is 1.36 bits per heavy atom. The number of likely N-dealkylation sites (N-methyl/N-ethyl adjacent to an activating group) is 1. The number of aliphatic hydroxyl groups is 1. The molecule has 0 heterocycles. The summed E-state index contributed by atoms with van der Waals surface area (Å²) in [6.45, 7) is 2.19. The van der Waals surface area contributed by atoms with Gasteiger partial charge in [0.1, 0.15) is 5.60 Å². The molecule has 118 valence electrons. The minimum atomic E-state index is -0.999. The van der Waals surface area contributed by atoms with E-state index in [1.165, 1.54) is 0 Å². The highest BCUT2D eigenvalue weighted by atomic mass is 16.3. The number of nitrogens with zero attached hydrogens (tertiary/aromatic N) is 1. The lowest BCUT2D eigenvalue weighted by Gasteiger charge is -2.41. The van der Waals surface area contributed by atoms with E-state index >= 15 is 0 Å². The number of unbranched alkanes of at least 4 members (excludes halogenated alkanes) is 1. The number of hydrogen-bond acceptors (Lipinski definition) is 2. The zero-order chi connectivity index (χ0) is 16.0. The number of hydrogen-bond donors (Lipinski definition) is 1. The Kier molecular flexibility index (Phi) is 5.76. The summed E-state index contributed by atoms with van der Waals surface area (Å²) in [5, 5.41) is 11.8. The van der Waals surface area contributed by atoms with Crippen molar-refractivity contribution in [2.75, 3.05) is 14.1 Å². The van der Waals surface area contributed by atoms with Gasteiger partial charge in [-0.25, -0.2) is 0 Å². The normalized spacial score (nSPS) is 13.3. The van der Waals surface area contributed by atoms with E-state index in [0.29, 0.717) is 0 Å². The van der Waals surface area contributed by atoms with Gasteiger partial charge in [-0.05, 0) is 31.6 Å². The van der Waals surface area contributed by atoms with Crippen molar-refractivity contribution in [1.82, 2.24) is 4.90 Å². The predicted octanol–water partition coefficient (Wildman–Crippen LogP) is 4.04. The van der Waals surface area contributed by atoms with Crippen molar-refractivity contribution >= 4 is 0 Å². The van der Waals surface area contributed by atoms with Gasteiger partial charge in [0.25, 0.3) is 0 Å². The third-order valence-corrected chi connectivity index (χ3v) is 4.36. The topological polar surface area (TPSA) is 23.5 Å². The summed E-state index contributed by atoms with van der Waals surface area (Å²) in [5.41, 5.74) is 0.910. The molecule has 0 radical (unpaired) electrons. The first-order chi connectivity index (χ1) is 10.6. The van der Waals surface area contributed by atoms with Crippen LogP contribution in [-0.2, 0) is 5.60 Å². The molecular formula is C20H27NO. The number of benzene rings is 2. The summed E-state index contributed by atoms with van der Waals surface area (Å²) in [6.07, 6.45) is 3.19. The average Bonchev–Trinajstić information content (AvgIpc) is 2.56. The summed E-state index contributed by atoms with van der Waals surface area (Å²) >= 11 is 0. The molecule has 0 spiro atoms. The second-order valence-corrected chi connectivity index (χ2v) is 6.12. The summed E-state index contributed by atoms with van der Waals surface area (Å²) in [6, 6.07) is 20.1. The highest BCUT2D eigenvalue weighted by Gasteiger charge is 2.40. The Labute approximate surface area is 134 Å². The molecule has 22 heavy (non-hydrogen) atoms.